The summed E-state index contributed by atoms with van der Waals surface area (Å²) in [6.45, 7) is 0. The average molecular weight is 280 g/mol. The summed E-state index contributed by atoms with van der Waals surface area (Å²) in [4.78, 5) is 0. The summed E-state index contributed by atoms with van der Waals surface area (Å²) in [6.07, 6.45) is 0. The molecule has 5 heteroatoms. The van der Waals surface area contributed by atoms with Gasteiger partial charge in [0.05, 0.1) is 31.4 Å². The highest BCUT2D eigenvalue weighted by molar-refractivity contribution is 5.51. The van der Waals surface area contributed by atoms with Crippen LogP contribution in [0, 0.1) is 22.7 Å². The Morgan fingerprint density at radius 2 is 1.52 bits per heavy atom. The first-order valence-electron chi connectivity index (χ1n) is 6.05. The maximum absolute atomic E-state index is 9.11. The van der Waals surface area contributed by atoms with Gasteiger partial charge in [-0.1, -0.05) is 0 Å². The molecule has 0 saturated heterocycles. The second-order valence-corrected chi connectivity index (χ2v) is 4.08. The third kappa shape index (κ3) is 3.23. The lowest BCUT2D eigenvalue weighted by Gasteiger charge is -2.10. The number of hydrogen-bond donors (Lipinski definition) is 0. The molecule has 2 aromatic rings. The van der Waals surface area contributed by atoms with Crippen LogP contribution in [0.25, 0.3) is 0 Å². The molecule has 0 saturated carbocycles. The van der Waals surface area contributed by atoms with E-state index < -0.39 is 0 Å². The number of nitrogens with zero attached hydrogens (tertiary/aromatic N) is 2. The lowest BCUT2D eigenvalue weighted by Crippen LogP contribution is -1.92. The second kappa shape index (κ2) is 6.31. The summed E-state index contributed by atoms with van der Waals surface area (Å²) in [5, 5.41) is 18.1. The summed E-state index contributed by atoms with van der Waals surface area (Å²) in [5.41, 5.74) is 0.780. The SMILES string of the molecule is COc1cc(C#N)cc(Oc2cc(OC)ccc2C#N)c1. The zero-order chi connectivity index (χ0) is 15.2. The topological polar surface area (TPSA) is 75.3 Å². The molecule has 0 aliphatic carbocycles. The van der Waals surface area contributed by atoms with Crippen LogP contribution < -0.4 is 14.2 Å². The summed E-state index contributed by atoms with van der Waals surface area (Å²) >= 11 is 0. The molecule has 0 atom stereocenters. The third-order valence-corrected chi connectivity index (χ3v) is 2.78. The predicted octanol–water partition coefficient (Wildman–Crippen LogP) is 3.24. The molecule has 0 spiro atoms. The Morgan fingerprint density at radius 3 is 2.14 bits per heavy atom. The van der Waals surface area contributed by atoms with Crippen LogP contribution in [-0.4, -0.2) is 14.2 Å². The molecule has 0 aromatic heterocycles. The lowest BCUT2D eigenvalue weighted by atomic mass is 10.2. The maximum Gasteiger partial charge on any atom is 0.148 e. The minimum atomic E-state index is 0.356. The predicted molar refractivity (Wildman–Crippen MR) is 75.5 cm³/mol. The van der Waals surface area contributed by atoms with Gasteiger partial charge in [0.15, 0.2) is 0 Å². The van der Waals surface area contributed by atoms with E-state index in [9.17, 15) is 0 Å². The maximum atomic E-state index is 9.11. The van der Waals surface area contributed by atoms with Crippen molar-refractivity contribution >= 4 is 0 Å². The zero-order valence-corrected chi connectivity index (χ0v) is 11.6. The van der Waals surface area contributed by atoms with Crippen molar-refractivity contribution in [3.63, 3.8) is 0 Å². The number of rotatable bonds is 4. The monoisotopic (exact) mass is 280 g/mol. The molecule has 104 valence electrons. The number of methoxy groups -OCH3 is 2. The summed E-state index contributed by atoms with van der Waals surface area (Å²) in [6, 6.07) is 13.8. The van der Waals surface area contributed by atoms with E-state index in [4.69, 9.17) is 24.7 Å². The van der Waals surface area contributed by atoms with Crippen molar-refractivity contribution < 1.29 is 14.2 Å². The van der Waals surface area contributed by atoms with E-state index in [1.807, 2.05) is 12.1 Å². The molecule has 21 heavy (non-hydrogen) atoms. The van der Waals surface area contributed by atoms with Crippen molar-refractivity contribution in [2.24, 2.45) is 0 Å². The molecular formula is C16H12N2O3. The Labute approximate surface area is 122 Å². The average Bonchev–Trinajstić information content (AvgIpc) is 2.54. The van der Waals surface area contributed by atoms with Gasteiger partial charge < -0.3 is 14.2 Å². The van der Waals surface area contributed by atoms with E-state index in [1.165, 1.54) is 14.2 Å². The van der Waals surface area contributed by atoms with Crippen LogP contribution >= 0.6 is 0 Å². The Bertz CT molecular complexity index is 742. The van der Waals surface area contributed by atoms with E-state index >= 15 is 0 Å². The summed E-state index contributed by atoms with van der Waals surface area (Å²) in [7, 11) is 3.04. The molecule has 0 amide bonds. The van der Waals surface area contributed by atoms with Crippen molar-refractivity contribution in [1.29, 1.82) is 10.5 Å². The smallest absolute Gasteiger partial charge is 0.148 e. The van der Waals surface area contributed by atoms with Gasteiger partial charge in [0.25, 0.3) is 0 Å². The molecular weight excluding hydrogens is 268 g/mol. The molecule has 2 aromatic carbocycles. The van der Waals surface area contributed by atoms with Gasteiger partial charge in [-0.2, -0.15) is 10.5 Å². The quantitative estimate of drug-likeness (QED) is 0.859. The number of benzene rings is 2. The van der Waals surface area contributed by atoms with Gasteiger partial charge in [-0.15, -0.1) is 0 Å². The largest absolute Gasteiger partial charge is 0.497 e. The van der Waals surface area contributed by atoms with Crippen molar-refractivity contribution in [3.8, 4) is 35.1 Å². The third-order valence-electron chi connectivity index (χ3n) is 2.78. The fraction of sp³-hybridized carbons (Fsp3) is 0.125. The Balaban J connectivity index is 2.42. The second-order valence-electron chi connectivity index (χ2n) is 4.08. The van der Waals surface area contributed by atoms with Gasteiger partial charge >= 0.3 is 0 Å². The molecule has 2 rings (SSSR count). The van der Waals surface area contributed by atoms with Crippen LogP contribution in [0.3, 0.4) is 0 Å². The van der Waals surface area contributed by atoms with Gasteiger partial charge in [0.1, 0.15) is 29.1 Å². The van der Waals surface area contributed by atoms with Crippen molar-refractivity contribution in [2.45, 2.75) is 0 Å². The number of ether oxygens (including phenoxy) is 3. The van der Waals surface area contributed by atoms with Gasteiger partial charge in [0, 0.05) is 12.1 Å². The number of hydrogen-bond acceptors (Lipinski definition) is 5. The highest BCUT2D eigenvalue weighted by atomic mass is 16.5. The van der Waals surface area contributed by atoms with Crippen molar-refractivity contribution in [1.82, 2.24) is 0 Å². The summed E-state index contributed by atoms with van der Waals surface area (Å²) < 4.78 is 15.9. The van der Waals surface area contributed by atoms with Gasteiger partial charge in [-0.3, -0.25) is 0 Å². The molecule has 0 radical (unpaired) electrons. The van der Waals surface area contributed by atoms with Gasteiger partial charge in [-0.25, -0.2) is 0 Å². The van der Waals surface area contributed by atoms with Crippen LogP contribution in [0.1, 0.15) is 11.1 Å². The van der Waals surface area contributed by atoms with Crippen LogP contribution in [0.5, 0.6) is 23.0 Å². The Kier molecular flexibility index (Phi) is 4.28. The van der Waals surface area contributed by atoms with E-state index in [2.05, 4.69) is 0 Å². The van der Waals surface area contributed by atoms with Crippen LogP contribution in [0.2, 0.25) is 0 Å². The van der Waals surface area contributed by atoms with Crippen molar-refractivity contribution in [2.75, 3.05) is 14.2 Å². The molecule has 0 bridgehead atoms. The molecule has 0 N–H and O–H groups in total. The fourth-order valence-electron chi connectivity index (χ4n) is 1.75. The first kappa shape index (κ1) is 14.2. The molecule has 0 unspecified atom stereocenters. The molecule has 0 fully saturated rings. The molecule has 0 heterocycles. The molecule has 0 aliphatic rings. The Morgan fingerprint density at radius 1 is 0.810 bits per heavy atom. The first-order chi connectivity index (χ1) is 10.2. The van der Waals surface area contributed by atoms with E-state index in [0.29, 0.717) is 34.1 Å². The van der Waals surface area contributed by atoms with Crippen LogP contribution in [0.4, 0.5) is 0 Å². The minimum absolute atomic E-state index is 0.356. The van der Waals surface area contributed by atoms with E-state index in [-0.39, 0.29) is 0 Å². The van der Waals surface area contributed by atoms with Crippen LogP contribution in [-0.2, 0) is 0 Å². The van der Waals surface area contributed by atoms with E-state index in [1.54, 1.807) is 36.4 Å². The van der Waals surface area contributed by atoms with Crippen molar-refractivity contribution in [3.05, 3.63) is 47.5 Å². The standard InChI is InChI=1S/C16H12N2O3/c1-19-13-4-3-12(10-18)16(8-13)21-15-6-11(9-17)5-14(7-15)20-2/h3-8H,1-2H3. The van der Waals surface area contributed by atoms with Gasteiger partial charge in [-0.05, 0) is 24.3 Å². The highest BCUT2D eigenvalue weighted by Crippen LogP contribution is 2.31. The highest BCUT2D eigenvalue weighted by Gasteiger charge is 2.09. The minimum Gasteiger partial charge on any atom is -0.497 e. The van der Waals surface area contributed by atoms with Gasteiger partial charge in [0.2, 0.25) is 0 Å². The summed E-state index contributed by atoms with van der Waals surface area (Å²) in [5.74, 6) is 1.85. The molecule has 0 aliphatic heterocycles. The van der Waals surface area contributed by atoms with E-state index in [0.717, 1.165) is 0 Å². The fourth-order valence-corrected chi connectivity index (χ4v) is 1.75. The zero-order valence-electron chi connectivity index (χ0n) is 11.6. The lowest BCUT2D eigenvalue weighted by molar-refractivity contribution is 0.403. The molecule has 5 nitrogen and oxygen atoms in total. The Hall–Kier alpha value is -3.18. The normalized spacial score (nSPS) is 9.33. The van der Waals surface area contributed by atoms with Crippen LogP contribution in [0.15, 0.2) is 36.4 Å². The number of nitriles is 2. The first-order valence-corrected chi connectivity index (χ1v) is 6.05.